The second-order valence-corrected chi connectivity index (χ2v) is 17.1. The van der Waals surface area contributed by atoms with Crippen molar-refractivity contribution in [1.82, 2.24) is 0 Å². The zero-order valence-corrected chi connectivity index (χ0v) is 28.1. The molecule has 4 heteroatoms. The van der Waals surface area contributed by atoms with Gasteiger partial charge in [0.1, 0.15) is 0 Å². The summed E-state index contributed by atoms with van der Waals surface area (Å²) in [4.78, 5) is 0. The molecule has 41 heavy (non-hydrogen) atoms. The molecule has 5 atom stereocenters. The smallest absolute Gasteiger partial charge is 0.167 e. The molecule has 3 nitrogen and oxygen atoms in total. The maximum atomic E-state index is 13.9. The third kappa shape index (κ3) is 8.47. The van der Waals surface area contributed by atoms with Crippen molar-refractivity contribution in [3.8, 4) is 0 Å². The fraction of sp³-hybridized carbons (Fsp3) is 0.676. The van der Waals surface area contributed by atoms with Crippen LogP contribution in [0.5, 0.6) is 0 Å². The summed E-state index contributed by atoms with van der Waals surface area (Å²) in [6, 6.07) is 0. The van der Waals surface area contributed by atoms with Crippen LogP contribution in [-0.4, -0.2) is 29.6 Å². The highest BCUT2D eigenvalue weighted by atomic mass is 32.2. The van der Waals surface area contributed by atoms with Crippen LogP contribution in [0.2, 0.25) is 0 Å². The molecule has 0 heterocycles. The summed E-state index contributed by atoms with van der Waals surface area (Å²) in [6.45, 7) is 17.7. The van der Waals surface area contributed by atoms with Crippen LogP contribution in [0, 0.1) is 22.7 Å². The number of aliphatic hydroxyl groups is 1. The van der Waals surface area contributed by atoms with Crippen molar-refractivity contribution in [1.29, 1.82) is 0 Å². The van der Waals surface area contributed by atoms with E-state index in [9.17, 15) is 13.5 Å². The Hall–Kier alpha value is -1.65. The first-order chi connectivity index (χ1) is 19.1. The minimum atomic E-state index is -3.47. The van der Waals surface area contributed by atoms with Crippen LogP contribution >= 0.6 is 0 Å². The summed E-state index contributed by atoms with van der Waals surface area (Å²) in [7, 11) is -3.47. The summed E-state index contributed by atoms with van der Waals surface area (Å²) in [5.41, 5.74) is 3.35. The van der Waals surface area contributed by atoms with E-state index in [1.165, 1.54) is 24.8 Å². The van der Waals surface area contributed by atoms with E-state index in [-0.39, 0.29) is 11.3 Å². The summed E-state index contributed by atoms with van der Waals surface area (Å²) in [5, 5.41) is 10.4. The van der Waals surface area contributed by atoms with E-state index in [1.807, 2.05) is 30.4 Å². The van der Waals surface area contributed by atoms with Gasteiger partial charge in [0, 0.05) is 0 Å². The lowest BCUT2D eigenvalue weighted by atomic mass is 9.45. The van der Waals surface area contributed by atoms with Gasteiger partial charge in [0.05, 0.1) is 16.1 Å². The third-order valence-corrected chi connectivity index (χ3v) is 12.8. The molecule has 1 N–H and O–H groups in total. The number of rotatable bonds is 11. The Bertz CT molecular complexity index is 1170. The minimum Gasteiger partial charge on any atom is -0.390 e. The van der Waals surface area contributed by atoms with Crippen molar-refractivity contribution >= 4 is 9.84 Å². The van der Waals surface area contributed by atoms with Gasteiger partial charge in [-0.05, 0) is 115 Å². The van der Waals surface area contributed by atoms with Crippen LogP contribution in [-0.2, 0) is 9.84 Å². The highest BCUT2D eigenvalue weighted by Gasteiger charge is 2.57. The molecule has 0 aromatic carbocycles. The molecule has 230 valence electrons. The van der Waals surface area contributed by atoms with E-state index in [0.29, 0.717) is 17.8 Å². The summed E-state index contributed by atoms with van der Waals surface area (Å²) >= 11 is 0. The van der Waals surface area contributed by atoms with Gasteiger partial charge in [-0.2, -0.15) is 0 Å². The lowest BCUT2D eigenvalue weighted by Crippen LogP contribution is -2.57. The zero-order valence-electron chi connectivity index (χ0n) is 27.2. The normalized spacial score (nSPS) is 31.4. The minimum absolute atomic E-state index is 0.147. The number of hydrogen-bond acceptors (Lipinski definition) is 3. The molecule has 0 aliphatic heterocycles. The fourth-order valence-electron chi connectivity index (χ4n) is 8.38. The molecule has 0 spiro atoms. The van der Waals surface area contributed by atoms with Gasteiger partial charge >= 0.3 is 0 Å². The monoisotopic (exact) mass is 582 g/mol. The highest BCUT2D eigenvalue weighted by molar-refractivity contribution is 7.93. The van der Waals surface area contributed by atoms with Crippen LogP contribution in [0.1, 0.15) is 120 Å². The Balaban J connectivity index is 1.80. The number of sulfone groups is 1. The van der Waals surface area contributed by atoms with Crippen molar-refractivity contribution < 1.29 is 13.5 Å². The maximum absolute atomic E-state index is 13.9. The highest BCUT2D eigenvalue weighted by Crippen LogP contribution is 2.62. The Morgan fingerprint density at radius 3 is 2.20 bits per heavy atom. The second kappa shape index (κ2) is 13.8. The largest absolute Gasteiger partial charge is 0.390 e. The molecule has 2 fully saturated rings. The third-order valence-electron chi connectivity index (χ3n) is 10.5. The second-order valence-electron chi connectivity index (χ2n) is 14.8. The van der Waals surface area contributed by atoms with Crippen molar-refractivity contribution in [2.45, 2.75) is 136 Å². The molecule has 1 unspecified atom stereocenters. The van der Waals surface area contributed by atoms with E-state index in [2.05, 4.69) is 67.5 Å². The van der Waals surface area contributed by atoms with Crippen LogP contribution in [0.15, 0.2) is 71.4 Å². The van der Waals surface area contributed by atoms with Crippen molar-refractivity contribution in [2.75, 3.05) is 0 Å². The predicted octanol–water partition coefficient (Wildman–Crippen LogP) is 9.62. The van der Waals surface area contributed by atoms with Crippen LogP contribution in [0.3, 0.4) is 0 Å². The molecule has 0 amide bonds. The first-order valence-electron chi connectivity index (χ1n) is 16.0. The van der Waals surface area contributed by atoms with E-state index in [4.69, 9.17) is 0 Å². The molecular formula is C37H58O3S. The van der Waals surface area contributed by atoms with E-state index < -0.39 is 25.9 Å². The van der Waals surface area contributed by atoms with Crippen LogP contribution in [0.4, 0.5) is 0 Å². The molecule has 0 bridgehead atoms. The van der Waals surface area contributed by atoms with Gasteiger partial charge in [0.15, 0.2) is 9.84 Å². The lowest BCUT2D eigenvalue weighted by Gasteiger charge is -2.61. The van der Waals surface area contributed by atoms with E-state index in [0.717, 1.165) is 49.7 Å². The molecule has 0 saturated heterocycles. The van der Waals surface area contributed by atoms with Gasteiger partial charge in [-0.15, -0.1) is 0 Å². The Kier molecular flexibility index (Phi) is 11.4. The molecule has 3 aliphatic rings. The number of hydrogen-bond donors (Lipinski definition) is 1. The molecule has 3 aliphatic carbocycles. The average Bonchev–Trinajstić information content (AvgIpc) is 3.15. The van der Waals surface area contributed by atoms with Gasteiger partial charge < -0.3 is 5.11 Å². The van der Waals surface area contributed by atoms with Crippen LogP contribution < -0.4 is 0 Å². The van der Waals surface area contributed by atoms with Gasteiger partial charge in [-0.25, -0.2) is 8.42 Å². The molecule has 0 radical (unpaired) electrons. The zero-order chi connectivity index (χ0) is 30.5. The van der Waals surface area contributed by atoms with Crippen LogP contribution in [0.25, 0.3) is 0 Å². The SMILES string of the molecule is CC(C)=CCC/C(C)=C/C(C/C(C)=C/CC[C@@H]1[C@@]2(C)CCCC(C)(C)[C@@H]2CC[C@@]1(C)O)S(=O)(=O)C1C=CC=CC=C1. The topological polar surface area (TPSA) is 54.4 Å². The maximum Gasteiger partial charge on any atom is 0.167 e. The van der Waals surface area contributed by atoms with Crippen molar-refractivity contribution in [3.05, 3.63) is 71.4 Å². The fourth-order valence-corrected chi connectivity index (χ4v) is 10.3. The summed E-state index contributed by atoms with van der Waals surface area (Å²) in [6.07, 6.45) is 27.3. The first-order valence-corrected chi connectivity index (χ1v) is 17.6. The number of allylic oxidation sites excluding steroid dienone is 9. The molecule has 0 aromatic heterocycles. The summed E-state index contributed by atoms with van der Waals surface area (Å²) in [5.74, 6) is 0.895. The summed E-state index contributed by atoms with van der Waals surface area (Å²) < 4.78 is 27.8. The quantitative estimate of drug-likeness (QED) is 0.247. The lowest BCUT2D eigenvalue weighted by molar-refractivity contribution is -0.168. The van der Waals surface area contributed by atoms with E-state index in [1.54, 1.807) is 12.2 Å². The molecule has 2 saturated carbocycles. The van der Waals surface area contributed by atoms with Gasteiger partial charge in [-0.1, -0.05) is 98.6 Å². The Morgan fingerprint density at radius 1 is 0.902 bits per heavy atom. The molecule has 0 aromatic rings. The average molecular weight is 583 g/mol. The predicted molar refractivity (Wildman–Crippen MR) is 177 cm³/mol. The molecule has 3 rings (SSSR count). The standard InChI is InChI=1S/C37H58O3S/c1-28(2)16-13-17-29(3)26-32(41(39,40)31-19-11-9-10-12-20-31)27-30(4)18-14-21-34-36(7)24-15-23-35(5,6)33(36)22-25-37(34,8)38/h9-12,16,18-20,26,31-34,38H,13-15,17,21-25,27H2,1-8H3/b29-26+,30-18+/t32?,33-,34+,36-,37+/m0/s1. The van der Waals surface area contributed by atoms with Gasteiger partial charge in [-0.3, -0.25) is 0 Å². The van der Waals surface area contributed by atoms with Gasteiger partial charge in [0.25, 0.3) is 0 Å². The van der Waals surface area contributed by atoms with Crippen molar-refractivity contribution in [3.63, 3.8) is 0 Å². The van der Waals surface area contributed by atoms with E-state index >= 15 is 0 Å². The van der Waals surface area contributed by atoms with Crippen molar-refractivity contribution in [2.24, 2.45) is 22.7 Å². The molecular weight excluding hydrogens is 524 g/mol. The number of fused-ring (bicyclic) bond motifs is 1. The Labute approximate surface area is 252 Å². The Morgan fingerprint density at radius 2 is 1.56 bits per heavy atom. The first kappa shape index (κ1) is 33.8. The van der Waals surface area contributed by atoms with Gasteiger partial charge in [0.2, 0.25) is 0 Å².